The van der Waals surface area contributed by atoms with E-state index in [4.69, 9.17) is 9.47 Å². The number of ether oxygens (including phenoxy) is 2. The van der Waals surface area contributed by atoms with Crippen LogP contribution in [0.2, 0.25) is 0 Å². The van der Waals surface area contributed by atoms with E-state index in [2.05, 4.69) is 145 Å². The van der Waals surface area contributed by atoms with Gasteiger partial charge in [0, 0.05) is 80.1 Å². The van der Waals surface area contributed by atoms with Gasteiger partial charge in [-0.05, 0) is 101 Å². The molecular weight excluding hydrogens is 879 g/mol. The van der Waals surface area contributed by atoms with Crippen molar-refractivity contribution in [2.45, 2.75) is 245 Å². The number of amides is 1. The predicted molar refractivity (Wildman–Crippen MR) is 302 cm³/mol. The van der Waals surface area contributed by atoms with Gasteiger partial charge in [-0.1, -0.05) is 158 Å². The summed E-state index contributed by atoms with van der Waals surface area (Å²) in [5, 5.41) is 8.66. The molecule has 9 heterocycles. The molecule has 0 spiro atoms. The topological polar surface area (TPSA) is 84.3 Å². The number of aryl methyl sites for hydroxylation is 3. The maximum Gasteiger partial charge on any atom is 0.254 e. The second-order valence-corrected chi connectivity index (χ2v) is 21.7. The van der Waals surface area contributed by atoms with Crippen LogP contribution >= 0.6 is 0 Å². The zero-order valence-corrected chi connectivity index (χ0v) is 49.4. The SMILES string of the molecule is CC.CC.CC.CC.CC(C)(C)c1ccn2c1CCC2.CC(C)(C)c1ccn2c1OCC2.CC(C)c1cnn2c1CCCC2.CC(C)c1cnn2c1OCCC2.CN1Cc2c(cccc2C(C)(C)C)C1=O. The van der Waals surface area contributed by atoms with Crippen LogP contribution in [0.25, 0.3) is 0 Å². The number of rotatable bonds is 2. The van der Waals surface area contributed by atoms with Gasteiger partial charge in [-0.2, -0.15) is 10.2 Å². The van der Waals surface area contributed by atoms with Crippen LogP contribution in [0.15, 0.2) is 55.1 Å². The largest absolute Gasteiger partial charge is 0.478 e. The molecule has 71 heavy (non-hydrogen) atoms. The summed E-state index contributed by atoms with van der Waals surface area (Å²) < 4.78 is 19.8. The summed E-state index contributed by atoms with van der Waals surface area (Å²) in [6, 6.07) is 10.5. The first-order valence-corrected chi connectivity index (χ1v) is 27.8. The molecule has 10 nitrogen and oxygen atoms in total. The van der Waals surface area contributed by atoms with Crippen LogP contribution in [0.3, 0.4) is 0 Å². The summed E-state index contributed by atoms with van der Waals surface area (Å²) in [6.45, 7) is 51.7. The van der Waals surface area contributed by atoms with Gasteiger partial charge in [0.15, 0.2) is 5.88 Å². The lowest BCUT2D eigenvalue weighted by Gasteiger charge is -2.22. The minimum Gasteiger partial charge on any atom is -0.478 e. The molecule has 5 aromatic rings. The zero-order chi connectivity index (χ0) is 53.9. The van der Waals surface area contributed by atoms with E-state index < -0.39 is 0 Å². The highest BCUT2D eigenvalue weighted by Gasteiger charge is 2.30. The van der Waals surface area contributed by atoms with Crippen LogP contribution < -0.4 is 9.47 Å². The Hall–Kier alpha value is -4.73. The van der Waals surface area contributed by atoms with Crippen molar-refractivity contribution >= 4 is 5.91 Å². The first kappa shape index (κ1) is 62.4. The Morgan fingerprint density at radius 2 is 1.07 bits per heavy atom. The molecule has 4 aromatic heterocycles. The number of aromatic nitrogens is 6. The molecule has 1 aromatic carbocycles. The molecule has 0 atom stereocenters. The quantitative estimate of drug-likeness (QED) is 0.176. The molecule has 0 N–H and O–H groups in total. The number of fused-ring (bicyclic) bond motifs is 5. The van der Waals surface area contributed by atoms with Crippen LogP contribution in [-0.2, 0) is 61.8 Å². The second kappa shape index (κ2) is 29.1. The van der Waals surface area contributed by atoms with Crippen molar-refractivity contribution in [2.75, 3.05) is 20.3 Å². The molecule has 0 unspecified atom stereocenters. The van der Waals surface area contributed by atoms with Gasteiger partial charge >= 0.3 is 0 Å². The maximum absolute atomic E-state index is 11.8. The van der Waals surface area contributed by atoms with Crippen molar-refractivity contribution in [1.82, 2.24) is 33.6 Å². The molecule has 10 heteroatoms. The maximum atomic E-state index is 11.8. The van der Waals surface area contributed by atoms with Crippen LogP contribution in [0, 0.1) is 0 Å². The Morgan fingerprint density at radius 1 is 0.535 bits per heavy atom. The molecule has 1 amide bonds. The van der Waals surface area contributed by atoms with E-state index >= 15 is 0 Å². The fourth-order valence-electron chi connectivity index (χ4n) is 9.29. The van der Waals surface area contributed by atoms with E-state index in [0.29, 0.717) is 17.3 Å². The van der Waals surface area contributed by atoms with Crippen LogP contribution in [0.5, 0.6) is 11.8 Å². The van der Waals surface area contributed by atoms with Crippen molar-refractivity contribution in [2.24, 2.45) is 0 Å². The van der Waals surface area contributed by atoms with Gasteiger partial charge in [-0.25, -0.2) is 4.68 Å². The highest BCUT2D eigenvalue weighted by molar-refractivity contribution is 5.98. The van der Waals surface area contributed by atoms with Crippen molar-refractivity contribution in [1.29, 1.82) is 0 Å². The van der Waals surface area contributed by atoms with Gasteiger partial charge in [0.05, 0.1) is 25.5 Å². The van der Waals surface area contributed by atoms with E-state index in [0.717, 1.165) is 63.1 Å². The average Bonchev–Trinajstić information content (AvgIpc) is 4.21. The third kappa shape index (κ3) is 16.7. The van der Waals surface area contributed by atoms with Gasteiger partial charge < -0.3 is 23.5 Å². The van der Waals surface area contributed by atoms with Crippen molar-refractivity contribution in [3.63, 3.8) is 0 Å². The smallest absolute Gasteiger partial charge is 0.254 e. The number of carbonyl (C=O) groups is 1. The van der Waals surface area contributed by atoms with Crippen LogP contribution in [-0.4, -0.2) is 59.8 Å². The fourth-order valence-corrected chi connectivity index (χ4v) is 9.29. The predicted octanol–water partition coefficient (Wildman–Crippen LogP) is 15.7. The number of benzene rings is 1. The number of hydrogen-bond donors (Lipinski definition) is 0. The highest BCUT2D eigenvalue weighted by atomic mass is 16.5. The van der Waals surface area contributed by atoms with Gasteiger partial charge in [-0.15, -0.1) is 0 Å². The lowest BCUT2D eigenvalue weighted by Crippen LogP contribution is -2.17. The molecule has 0 saturated heterocycles. The molecule has 10 rings (SSSR count). The molecule has 0 fully saturated rings. The van der Waals surface area contributed by atoms with Gasteiger partial charge in [0.1, 0.15) is 6.61 Å². The third-order valence-electron chi connectivity index (χ3n) is 12.8. The number of hydrogen-bond acceptors (Lipinski definition) is 5. The third-order valence-corrected chi connectivity index (χ3v) is 12.8. The summed E-state index contributed by atoms with van der Waals surface area (Å²) in [7, 11) is 1.86. The van der Waals surface area contributed by atoms with E-state index in [-0.39, 0.29) is 16.7 Å². The minimum absolute atomic E-state index is 0.108. The van der Waals surface area contributed by atoms with Gasteiger partial charge in [0.2, 0.25) is 5.88 Å². The standard InChI is InChI=1S/C13H17NO.C11H17N.C10H16N2.C10H15NO.C9H14N2O.4C2H6/c1-13(2,3)11-7-5-6-9-10(11)8-14(4)12(9)15;1-11(2,3)9-6-8-12-7-4-5-10(9)12;1-8(2)9-7-11-12-6-4-3-5-10(9)12;1-10(2,3)8-4-5-11-6-7-12-9(8)11;1-7(2)8-6-10-11-4-3-5-12-9(8)11;4*1-2/h5-7H,8H2,1-4H3;6,8H,4-5,7H2,1-3H3;7-8H,3-6H2,1-2H3;4-5H,6-7H2,1-3H3;6-7H,3-5H2,1-2H3;4*1-2H3. The van der Waals surface area contributed by atoms with Crippen molar-refractivity contribution in [3.8, 4) is 11.8 Å². The van der Waals surface area contributed by atoms with Crippen LogP contribution in [0.1, 0.15) is 238 Å². The summed E-state index contributed by atoms with van der Waals surface area (Å²) in [6.07, 6.45) is 15.9. The first-order chi connectivity index (χ1) is 33.7. The Bertz CT molecular complexity index is 2180. The molecule has 400 valence electrons. The monoisotopic (exact) mass is 982 g/mol. The molecular formula is C61H103N7O3. The summed E-state index contributed by atoms with van der Waals surface area (Å²) in [4.78, 5) is 13.6. The molecule has 5 aliphatic heterocycles. The van der Waals surface area contributed by atoms with Crippen molar-refractivity contribution in [3.05, 3.63) is 105 Å². The Morgan fingerprint density at radius 3 is 1.68 bits per heavy atom. The summed E-state index contributed by atoms with van der Waals surface area (Å²) in [5.74, 6) is 3.34. The van der Waals surface area contributed by atoms with E-state index in [1.807, 2.05) is 91.6 Å². The first-order valence-electron chi connectivity index (χ1n) is 27.8. The molecule has 0 saturated carbocycles. The molecule has 0 radical (unpaired) electrons. The Balaban J connectivity index is 0.000000294. The molecule has 0 aliphatic carbocycles. The second-order valence-electron chi connectivity index (χ2n) is 21.7. The van der Waals surface area contributed by atoms with Crippen LogP contribution in [0.4, 0.5) is 0 Å². The average molecular weight is 983 g/mol. The minimum atomic E-state index is 0.108. The van der Waals surface area contributed by atoms with Gasteiger partial charge in [0.25, 0.3) is 5.91 Å². The summed E-state index contributed by atoms with van der Waals surface area (Å²) >= 11 is 0. The lowest BCUT2D eigenvalue weighted by atomic mass is 9.83. The van der Waals surface area contributed by atoms with E-state index in [9.17, 15) is 4.79 Å². The van der Waals surface area contributed by atoms with E-state index in [1.165, 1.54) is 72.2 Å². The van der Waals surface area contributed by atoms with Gasteiger partial charge in [-0.3, -0.25) is 9.48 Å². The lowest BCUT2D eigenvalue weighted by molar-refractivity contribution is 0.0816. The Labute approximate surface area is 434 Å². The van der Waals surface area contributed by atoms with E-state index in [1.54, 1.807) is 16.2 Å². The fraction of sp³-hybridized carbons (Fsp3) is 0.656. The molecule has 5 aliphatic rings. The summed E-state index contributed by atoms with van der Waals surface area (Å²) in [5.41, 5.74) is 12.6. The zero-order valence-electron chi connectivity index (χ0n) is 49.4. The Kier molecular flexibility index (Phi) is 25.6. The molecule has 0 bridgehead atoms. The van der Waals surface area contributed by atoms with Crippen molar-refractivity contribution < 1.29 is 14.3 Å². The normalized spacial score (nSPS) is 14.6. The number of carbonyl (C=O) groups excluding carboxylic acids is 1. The number of nitrogens with zero attached hydrogens (tertiary/aromatic N) is 7. The highest BCUT2D eigenvalue weighted by Crippen LogP contribution is 2.36.